The summed E-state index contributed by atoms with van der Waals surface area (Å²) in [7, 11) is 4.35. The van der Waals surface area contributed by atoms with Gasteiger partial charge in [-0.25, -0.2) is 0 Å². The van der Waals surface area contributed by atoms with E-state index in [0.29, 0.717) is 11.2 Å². The van der Waals surface area contributed by atoms with Crippen LogP contribution in [0.3, 0.4) is 0 Å². The molecule has 2 fully saturated rings. The van der Waals surface area contributed by atoms with Crippen molar-refractivity contribution in [1.29, 1.82) is 0 Å². The van der Waals surface area contributed by atoms with Crippen molar-refractivity contribution in [3.8, 4) is 5.75 Å². The van der Waals surface area contributed by atoms with Crippen molar-refractivity contribution in [1.82, 2.24) is 4.90 Å². The van der Waals surface area contributed by atoms with Gasteiger partial charge in [-0.05, 0) is 117 Å². The highest BCUT2D eigenvalue weighted by Crippen LogP contribution is 2.64. The van der Waals surface area contributed by atoms with Gasteiger partial charge in [-0.15, -0.1) is 0 Å². The molecule has 1 aromatic carbocycles. The monoisotopic (exact) mass is 401 g/mol. The summed E-state index contributed by atoms with van der Waals surface area (Å²) in [5, 5.41) is 9.94. The highest BCUT2D eigenvalue weighted by Gasteiger charge is 2.55. The number of thioether (sulfide) groups is 1. The third-order valence-corrected chi connectivity index (χ3v) is 9.54. The Hall–Kier alpha value is -0.670. The highest BCUT2D eigenvalue weighted by atomic mass is 32.2. The van der Waals surface area contributed by atoms with Crippen LogP contribution in [-0.2, 0) is 6.42 Å². The quantitative estimate of drug-likeness (QED) is 0.610. The number of rotatable bonds is 6. The van der Waals surface area contributed by atoms with Crippen molar-refractivity contribution in [3.05, 3.63) is 29.3 Å². The zero-order chi connectivity index (χ0) is 19.9. The summed E-state index contributed by atoms with van der Waals surface area (Å²) in [6.07, 6.45) is 8.23. The van der Waals surface area contributed by atoms with Crippen LogP contribution in [0.5, 0.6) is 5.75 Å². The first kappa shape index (κ1) is 20.6. The number of hydrogen-bond donors (Lipinski definition) is 1. The van der Waals surface area contributed by atoms with Crippen LogP contribution in [0.25, 0.3) is 0 Å². The molecule has 156 valence electrons. The van der Waals surface area contributed by atoms with Crippen molar-refractivity contribution in [2.45, 2.75) is 58.3 Å². The SMILES string of the molecule is CC1Cc2cc(O)ccc2C2CCC3(C)C(CC[C@@H]3CCSCCN(C)C)C12. The third kappa shape index (κ3) is 3.74. The van der Waals surface area contributed by atoms with Gasteiger partial charge >= 0.3 is 0 Å². The summed E-state index contributed by atoms with van der Waals surface area (Å²) in [4.78, 5) is 2.29. The molecule has 3 heteroatoms. The fourth-order valence-electron chi connectivity index (χ4n) is 7.12. The van der Waals surface area contributed by atoms with Crippen LogP contribution in [0, 0.1) is 29.1 Å². The molecule has 3 aliphatic carbocycles. The molecule has 6 atom stereocenters. The molecule has 0 aliphatic heterocycles. The average Bonchev–Trinajstić information content (AvgIpc) is 2.97. The summed E-state index contributed by atoms with van der Waals surface area (Å²) in [5.74, 6) is 7.21. The lowest BCUT2D eigenvalue weighted by atomic mass is 9.51. The fourth-order valence-corrected chi connectivity index (χ4v) is 8.27. The Bertz CT molecular complexity index is 689. The number of hydrogen-bond acceptors (Lipinski definition) is 3. The predicted molar refractivity (Wildman–Crippen MR) is 121 cm³/mol. The highest BCUT2D eigenvalue weighted by molar-refractivity contribution is 7.99. The van der Waals surface area contributed by atoms with Crippen molar-refractivity contribution < 1.29 is 5.11 Å². The van der Waals surface area contributed by atoms with Crippen LogP contribution >= 0.6 is 11.8 Å². The van der Waals surface area contributed by atoms with Gasteiger partial charge in [0.05, 0.1) is 0 Å². The second-order valence-corrected chi connectivity index (χ2v) is 11.6. The predicted octanol–water partition coefficient (Wildman–Crippen LogP) is 5.80. The molecular weight excluding hydrogens is 362 g/mol. The molecule has 1 N–H and O–H groups in total. The molecule has 28 heavy (non-hydrogen) atoms. The second-order valence-electron chi connectivity index (χ2n) is 10.4. The van der Waals surface area contributed by atoms with Gasteiger partial charge in [-0.2, -0.15) is 11.8 Å². The minimum Gasteiger partial charge on any atom is -0.508 e. The molecule has 0 heterocycles. The number of phenolic OH excluding ortho intramolecular Hbond substituents is 1. The Kier molecular flexibility index (Phi) is 6.05. The van der Waals surface area contributed by atoms with Gasteiger partial charge in [0, 0.05) is 12.3 Å². The van der Waals surface area contributed by atoms with E-state index in [9.17, 15) is 5.11 Å². The lowest BCUT2D eigenvalue weighted by Crippen LogP contribution is -2.45. The third-order valence-electron chi connectivity index (χ3n) is 8.55. The van der Waals surface area contributed by atoms with Crippen molar-refractivity contribution >= 4 is 11.8 Å². The lowest BCUT2D eigenvalue weighted by Gasteiger charge is -2.53. The van der Waals surface area contributed by atoms with Gasteiger partial charge in [0.1, 0.15) is 5.75 Å². The number of aromatic hydroxyl groups is 1. The molecule has 0 spiro atoms. The van der Waals surface area contributed by atoms with Crippen LogP contribution in [0.1, 0.15) is 63.0 Å². The summed E-state index contributed by atoms with van der Waals surface area (Å²) in [6, 6.07) is 6.20. The van der Waals surface area contributed by atoms with E-state index in [-0.39, 0.29) is 0 Å². The molecule has 2 nitrogen and oxygen atoms in total. The van der Waals surface area contributed by atoms with Gasteiger partial charge in [-0.3, -0.25) is 0 Å². The van der Waals surface area contributed by atoms with Gasteiger partial charge in [-0.1, -0.05) is 19.9 Å². The molecule has 5 unspecified atom stereocenters. The van der Waals surface area contributed by atoms with Crippen LogP contribution in [0.15, 0.2) is 18.2 Å². The zero-order valence-electron chi connectivity index (χ0n) is 18.3. The van der Waals surface area contributed by atoms with E-state index >= 15 is 0 Å². The van der Waals surface area contributed by atoms with Gasteiger partial charge in [0.2, 0.25) is 0 Å². The molecule has 1 aromatic rings. The van der Waals surface area contributed by atoms with E-state index < -0.39 is 0 Å². The number of phenols is 1. The maximum atomic E-state index is 9.94. The first-order valence-electron chi connectivity index (χ1n) is 11.4. The van der Waals surface area contributed by atoms with Crippen LogP contribution in [-0.4, -0.2) is 42.2 Å². The van der Waals surface area contributed by atoms with Crippen molar-refractivity contribution in [2.24, 2.45) is 29.1 Å². The maximum Gasteiger partial charge on any atom is 0.115 e. The molecule has 4 rings (SSSR count). The molecule has 0 aromatic heterocycles. The van der Waals surface area contributed by atoms with Gasteiger partial charge in [0.15, 0.2) is 0 Å². The summed E-state index contributed by atoms with van der Waals surface area (Å²) >= 11 is 2.16. The van der Waals surface area contributed by atoms with E-state index in [1.54, 1.807) is 5.56 Å². The van der Waals surface area contributed by atoms with Crippen LogP contribution < -0.4 is 0 Å². The Labute approximate surface area is 176 Å². The van der Waals surface area contributed by atoms with Gasteiger partial charge < -0.3 is 10.0 Å². The normalized spacial score (nSPS) is 36.8. The Morgan fingerprint density at radius 3 is 2.79 bits per heavy atom. The minimum atomic E-state index is 0.442. The molecule has 3 aliphatic rings. The van der Waals surface area contributed by atoms with Crippen molar-refractivity contribution in [2.75, 3.05) is 32.1 Å². The summed E-state index contributed by atoms with van der Waals surface area (Å²) in [6.45, 7) is 6.33. The number of benzene rings is 1. The maximum absolute atomic E-state index is 9.94. The molecule has 0 bridgehead atoms. The molecule has 2 saturated carbocycles. The second kappa shape index (κ2) is 8.22. The largest absolute Gasteiger partial charge is 0.508 e. The first-order valence-corrected chi connectivity index (χ1v) is 12.6. The van der Waals surface area contributed by atoms with Crippen LogP contribution in [0.4, 0.5) is 0 Å². The van der Waals surface area contributed by atoms with Crippen molar-refractivity contribution in [3.63, 3.8) is 0 Å². The zero-order valence-corrected chi connectivity index (χ0v) is 19.1. The van der Waals surface area contributed by atoms with Crippen LogP contribution in [0.2, 0.25) is 0 Å². The minimum absolute atomic E-state index is 0.442. The fraction of sp³-hybridized carbons (Fsp3) is 0.760. The smallest absolute Gasteiger partial charge is 0.115 e. The van der Waals surface area contributed by atoms with Gasteiger partial charge in [0.25, 0.3) is 0 Å². The summed E-state index contributed by atoms with van der Waals surface area (Å²) in [5.41, 5.74) is 3.54. The molecule has 0 amide bonds. The molecule has 0 saturated heterocycles. The number of fused-ring (bicyclic) bond motifs is 5. The Morgan fingerprint density at radius 1 is 1.18 bits per heavy atom. The first-order chi connectivity index (χ1) is 13.4. The van der Waals surface area contributed by atoms with E-state index in [2.05, 4.69) is 50.7 Å². The number of nitrogens with zero attached hydrogens (tertiary/aromatic N) is 1. The molecule has 0 radical (unpaired) electrons. The Balaban J connectivity index is 1.45. The van der Waals surface area contributed by atoms with E-state index in [4.69, 9.17) is 0 Å². The Morgan fingerprint density at radius 2 is 2.00 bits per heavy atom. The average molecular weight is 402 g/mol. The van der Waals surface area contributed by atoms with E-state index in [0.717, 1.165) is 36.0 Å². The molecular formula is C25H39NOS. The van der Waals surface area contributed by atoms with E-state index in [1.807, 2.05) is 12.1 Å². The summed E-state index contributed by atoms with van der Waals surface area (Å²) < 4.78 is 0. The lowest BCUT2D eigenvalue weighted by molar-refractivity contribution is 0.00516. The standard InChI is InChI=1S/C25H39NOS/c1-17-15-18-16-20(27)6-7-21(18)22-9-11-25(2)19(5-8-23(25)24(17)22)10-13-28-14-12-26(3)4/h6-7,16-17,19,22-24,27H,5,8-15H2,1-4H3/t17?,19-,22?,23?,24?,25?/m1/s1. The van der Waals surface area contributed by atoms with E-state index in [1.165, 1.54) is 55.7 Å². The topological polar surface area (TPSA) is 23.5 Å².